The first-order valence-electron chi connectivity index (χ1n) is 8.59. The summed E-state index contributed by atoms with van der Waals surface area (Å²) in [4.78, 5) is 12.3. The van der Waals surface area contributed by atoms with Crippen molar-refractivity contribution in [1.29, 1.82) is 0 Å². The Labute approximate surface area is 134 Å². The molecule has 1 aromatic carbocycles. The van der Waals surface area contributed by atoms with Crippen LogP contribution in [0.4, 0.5) is 0 Å². The number of methoxy groups -OCH3 is 1. The molecule has 3 heteroatoms. The summed E-state index contributed by atoms with van der Waals surface area (Å²) in [6, 6.07) is 7.33. The summed E-state index contributed by atoms with van der Waals surface area (Å²) in [5, 5.41) is 0. The van der Waals surface area contributed by atoms with Crippen molar-refractivity contribution >= 4 is 5.97 Å². The van der Waals surface area contributed by atoms with E-state index in [1.807, 2.05) is 18.2 Å². The van der Waals surface area contributed by atoms with E-state index in [1.165, 1.54) is 25.7 Å². The van der Waals surface area contributed by atoms with Gasteiger partial charge in [0.05, 0.1) is 13.0 Å². The summed E-state index contributed by atoms with van der Waals surface area (Å²) < 4.78 is 10.8. The van der Waals surface area contributed by atoms with Crippen LogP contribution in [0.1, 0.15) is 58.3 Å². The second-order valence-electron chi connectivity index (χ2n) is 6.29. The van der Waals surface area contributed by atoms with Gasteiger partial charge in [0.25, 0.3) is 0 Å². The zero-order valence-corrected chi connectivity index (χ0v) is 13.8. The molecule has 1 aliphatic rings. The third-order valence-electron chi connectivity index (χ3n) is 4.68. The Hall–Kier alpha value is -1.51. The Kier molecular flexibility index (Phi) is 6.75. The fourth-order valence-corrected chi connectivity index (χ4v) is 3.26. The first-order valence-corrected chi connectivity index (χ1v) is 8.59. The largest absolute Gasteiger partial charge is 0.493 e. The van der Waals surface area contributed by atoms with E-state index in [2.05, 4.69) is 6.92 Å². The van der Waals surface area contributed by atoms with E-state index in [9.17, 15) is 4.79 Å². The highest BCUT2D eigenvalue weighted by Gasteiger charge is 2.27. The maximum absolute atomic E-state index is 12.3. The van der Waals surface area contributed by atoms with Gasteiger partial charge in [-0.3, -0.25) is 4.79 Å². The van der Waals surface area contributed by atoms with Gasteiger partial charge in [0, 0.05) is 0 Å². The topological polar surface area (TPSA) is 35.5 Å². The second-order valence-corrected chi connectivity index (χ2v) is 6.29. The minimum absolute atomic E-state index is 0.0485. The molecule has 0 spiro atoms. The number of carbonyl (C=O) groups is 1. The summed E-state index contributed by atoms with van der Waals surface area (Å²) in [5.74, 6) is 1.90. The van der Waals surface area contributed by atoms with Gasteiger partial charge in [-0.15, -0.1) is 0 Å². The van der Waals surface area contributed by atoms with Crippen molar-refractivity contribution in [3.8, 4) is 11.5 Å². The number of rotatable bonds is 7. The van der Waals surface area contributed by atoms with Gasteiger partial charge in [-0.1, -0.05) is 44.7 Å². The highest BCUT2D eigenvalue weighted by molar-refractivity contribution is 5.76. The predicted molar refractivity (Wildman–Crippen MR) is 88.2 cm³/mol. The maximum atomic E-state index is 12.3. The Morgan fingerprint density at radius 3 is 2.41 bits per heavy atom. The van der Waals surface area contributed by atoms with Gasteiger partial charge in [-0.05, 0) is 43.7 Å². The van der Waals surface area contributed by atoms with Gasteiger partial charge in [-0.2, -0.15) is 0 Å². The lowest BCUT2D eigenvalue weighted by atomic mass is 9.80. The summed E-state index contributed by atoms with van der Waals surface area (Å²) in [5.41, 5.74) is 0. The number of benzene rings is 1. The predicted octanol–water partition coefficient (Wildman–Crippen LogP) is 4.99. The van der Waals surface area contributed by atoms with Crippen molar-refractivity contribution in [2.45, 2.75) is 58.3 Å². The monoisotopic (exact) mass is 304 g/mol. The van der Waals surface area contributed by atoms with E-state index in [4.69, 9.17) is 9.47 Å². The SMILES string of the molecule is CCCCCC1CCC(C(=O)Oc2ccccc2OC)CC1. The zero-order valence-electron chi connectivity index (χ0n) is 13.8. The van der Waals surface area contributed by atoms with Crippen LogP contribution in [0.3, 0.4) is 0 Å². The first kappa shape index (κ1) is 16.9. The minimum atomic E-state index is -0.100. The number of ether oxygens (including phenoxy) is 2. The summed E-state index contributed by atoms with van der Waals surface area (Å²) in [6.45, 7) is 2.24. The Bertz CT molecular complexity index is 462. The molecule has 0 amide bonds. The van der Waals surface area contributed by atoms with Crippen molar-refractivity contribution in [2.24, 2.45) is 11.8 Å². The Morgan fingerprint density at radius 1 is 1.09 bits per heavy atom. The highest BCUT2D eigenvalue weighted by atomic mass is 16.6. The average molecular weight is 304 g/mol. The molecule has 22 heavy (non-hydrogen) atoms. The third kappa shape index (κ3) is 4.75. The highest BCUT2D eigenvalue weighted by Crippen LogP contribution is 2.34. The zero-order chi connectivity index (χ0) is 15.8. The summed E-state index contributed by atoms with van der Waals surface area (Å²) in [6.07, 6.45) is 9.51. The molecule has 0 bridgehead atoms. The lowest BCUT2D eigenvalue weighted by molar-refractivity contribution is -0.140. The molecule has 1 saturated carbocycles. The van der Waals surface area contributed by atoms with Gasteiger partial charge < -0.3 is 9.47 Å². The molecule has 0 unspecified atom stereocenters. The van der Waals surface area contributed by atoms with Gasteiger partial charge in [0.15, 0.2) is 11.5 Å². The van der Waals surface area contributed by atoms with Crippen LogP contribution in [0.5, 0.6) is 11.5 Å². The molecule has 1 aromatic rings. The third-order valence-corrected chi connectivity index (χ3v) is 4.68. The van der Waals surface area contributed by atoms with Gasteiger partial charge in [-0.25, -0.2) is 0 Å². The minimum Gasteiger partial charge on any atom is -0.493 e. The average Bonchev–Trinajstić information content (AvgIpc) is 2.56. The quantitative estimate of drug-likeness (QED) is 0.404. The van der Waals surface area contributed by atoms with Crippen molar-refractivity contribution in [3.63, 3.8) is 0 Å². The van der Waals surface area contributed by atoms with Crippen LogP contribution >= 0.6 is 0 Å². The fourth-order valence-electron chi connectivity index (χ4n) is 3.26. The smallest absolute Gasteiger partial charge is 0.314 e. The van der Waals surface area contributed by atoms with Gasteiger partial charge in [0.2, 0.25) is 0 Å². The molecule has 0 atom stereocenters. The molecule has 0 aliphatic heterocycles. The van der Waals surface area contributed by atoms with Crippen LogP contribution < -0.4 is 9.47 Å². The number of esters is 1. The van der Waals surface area contributed by atoms with Crippen molar-refractivity contribution in [3.05, 3.63) is 24.3 Å². The van der Waals surface area contributed by atoms with Crippen molar-refractivity contribution < 1.29 is 14.3 Å². The molecule has 122 valence electrons. The first-order chi connectivity index (χ1) is 10.7. The van der Waals surface area contributed by atoms with E-state index < -0.39 is 0 Å². The number of para-hydroxylation sites is 2. The van der Waals surface area contributed by atoms with E-state index in [0.29, 0.717) is 11.5 Å². The summed E-state index contributed by atoms with van der Waals surface area (Å²) in [7, 11) is 1.59. The van der Waals surface area contributed by atoms with Crippen LogP contribution in [-0.4, -0.2) is 13.1 Å². The molecule has 0 aromatic heterocycles. The van der Waals surface area contributed by atoms with E-state index >= 15 is 0 Å². The molecule has 1 aliphatic carbocycles. The Morgan fingerprint density at radius 2 is 1.77 bits per heavy atom. The molecular formula is C19H28O3. The number of hydrogen-bond donors (Lipinski definition) is 0. The molecule has 0 heterocycles. The van der Waals surface area contributed by atoms with Crippen LogP contribution in [0.15, 0.2) is 24.3 Å². The second kappa shape index (κ2) is 8.82. The van der Waals surface area contributed by atoms with Crippen molar-refractivity contribution in [2.75, 3.05) is 7.11 Å². The van der Waals surface area contributed by atoms with E-state index in [-0.39, 0.29) is 11.9 Å². The molecule has 1 fully saturated rings. The van der Waals surface area contributed by atoms with Crippen molar-refractivity contribution in [1.82, 2.24) is 0 Å². The molecule has 0 radical (unpaired) electrons. The van der Waals surface area contributed by atoms with Crippen LogP contribution in [0, 0.1) is 11.8 Å². The molecule has 0 N–H and O–H groups in total. The van der Waals surface area contributed by atoms with E-state index in [1.54, 1.807) is 13.2 Å². The lowest BCUT2D eigenvalue weighted by Gasteiger charge is -2.27. The van der Waals surface area contributed by atoms with Crippen LogP contribution in [0.25, 0.3) is 0 Å². The normalized spacial score (nSPS) is 21.4. The summed E-state index contributed by atoms with van der Waals surface area (Å²) >= 11 is 0. The lowest BCUT2D eigenvalue weighted by Crippen LogP contribution is -2.25. The fraction of sp³-hybridized carbons (Fsp3) is 0.632. The Balaban J connectivity index is 1.80. The molecular weight excluding hydrogens is 276 g/mol. The maximum Gasteiger partial charge on any atom is 0.314 e. The molecule has 3 nitrogen and oxygen atoms in total. The van der Waals surface area contributed by atoms with Crippen LogP contribution in [0.2, 0.25) is 0 Å². The number of unbranched alkanes of at least 4 members (excludes halogenated alkanes) is 2. The van der Waals surface area contributed by atoms with Gasteiger partial charge >= 0.3 is 5.97 Å². The molecule has 0 saturated heterocycles. The van der Waals surface area contributed by atoms with Gasteiger partial charge in [0.1, 0.15) is 0 Å². The van der Waals surface area contributed by atoms with Crippen LogP contribution in [-0.2, 0) is 4.79 Å². The number of carbonyl (C=O) groups excluding carboxylic acids is 1. The van der Waals surface area contributed by atoms with E-state index in [0.717, 1.165) is 31.6 Å². The number of hydrogen-bond acceptors (Lipinski definition) is 3. The standard InChI is InChI=1S/C19H28O3/c1-3-4-5-8-15-11-13-16(14-12-15)19(20)22-18-10-7-6-9-17(18)21-2/h6-7,9-10,15-16H,3-5,8,11-14H2,1-2H3. The molecule has 2 rings (SSSR count).